The molecule has 0 aliphatic heterocycles. The van der Waals surface area contributed by atoms with Crippen LogP contribution in [0.25, 0.3) is 16.7 Å². The van der Waals surface area contributed by atoms with Crippen molar-refractivity contribution in [2.45, 2.75) is 30.3 Å². The normalized spacial score (nSPS) is 12.2. The second-order valence-electron chi connectivity index (χ2n) is 5.08. The van der Waals surface area contributed by atoms with Crippen LogP contribution in [0.3, 0.4) is 0 Å². The predicted molar refractivity (Wildman–Crippen MR) is 79.0 cm³/mol. The van der Waals surface area contributed by atoms with E-state index in [1.54, 1.807) is 0 Å². The van der Waals surface area contributed by atoms with E-state index in [-0.39, 0.29) is 22.0 Å². The third-order valence-corrected chi connectivity index (χ3v) is 3.99. The third-order valence-electron chi connectivity index (χ3n) is 3.02. The third kappa shape index (κ3) is 2.70. The quantitative estimate of drug-likeness (QED) is 0.668. The van der Waals surface area contributed by atoms with Gasteiger partial charge in [0.25, 0.3) is 0 Å². The van der Waals surface area contributed by atoms with Crippen LogP contribution in [-0.4, -0.2) is 24.8 Å². The number of hydrogen-bond donors (Lipinski definition) is 0. The number of benzene rings is 1. The van der Waals surface area contributed by atoms with E-state index in [1.807, 2.05) is 19.9 Å². The highest BCUT2D eigenvalue weighted by molar-refractivity contribution is 8.00. The Hall–Kier alpha value is -2.34. The van der Waals surface area contributed by atoms with E-state index in [0.717, 1.165) is 4.40 Å². The van der Waals surface area contributed by atoms with Gasteiger partial charge in [-0.1, -0.05) is 25.6 Å². The first kappa shape index (κ1) is 15.6. The molecule has 0 saturated heterocycles. The minimum atomic E-state index is -4.66. The lowest BCUT2D eigenvalue weighted by atomic mass is 10.2. The largest absolute Gasteiger partial charge is 0.452 e. The summed E-state index contributed by atoms with van der Waals surface area (Å²) < 4.78 is 40.6. The van der Waals surface area contributed by atoms with Crippen molar-refractivity contribution < 1.29 is 13.2 Å². The van der Waals surface area contributed by atoms with Crippen LogP contribution in [0.5, 0.6) is 0 Å². The average molecular weight is 337 g/mol. The van der Waals surface area contributed by atoms with Crippen LogP contribution in [0.1, 0.15) is 25.2 Å². The maximum absolute atomic E-state index is 13.2. The first-order valence-corrected chi connectivity index (χ1v) is 7.52. The lowest BCUT2D eigenvalue weighted by Gasteiger charge is -2.11. The molecule has 1 aromatic carbocycles. The zero-order valence-electron chi connectivity index (χ0n) is 12.1. The monoisotopic (exact) mass is 337 g/mol. The van der Waals surface area contributed by atoms with Crippen molar-refractivity contribution >= 4 is 28.4 Å². The van der Waals surface area contributed by atoms with Crippen molar-refractivity contribution in [2.75, 3.05) is 0 Å². The maximum Gasteiger partial charge on any atom is 0.452 e. The van der Waals surface area contributed by atoms with Gasteiger partial charge in [-0.05, 0) is 18.2 Å². The molecule has 0 fully saturated rings. The summed E-state index contributed by atoms with van der Waals surface area (Å²) >= 11 is 1.31. The number of fused-ring (bicyclic) bond motifs is 3. The molecule has 23 heavy (non-hydrogen) atoms. The van der Waals surface area contributed by atoms with Gasteiger partial charge in [0.05, 0.1) is 22.7 Å². The molecule has 0 unspecified atom stereocenters. The Bertz CT molecular complexity index is 939. The molecule has 0 N–H and O–H groups in total. The van der Waals surface area contributed by atoms with Crippen molar-refractivity contribution in [3.8, 4) is 6.07 Å². The number of rotatable bonds is 2. The van der Waals surface area contributed by atoms with Gasteiger partial charge >= 0.3 is 6.18 Å². The first-order valence-electron chi connectivity index (χ1n) is 6.64. The number of nitrogens with zero attached hydrogens (tertiary/aromatic N) is 5. The molecule has 3 aromatic rings. The topological polar surface area (TPSA) is 66.9 Å². The van der Waals surface area contributed by atoms with Crippen LogP contribution in [0.4, 0.5) is 13.2 Å². The summed E-state index contributed by atoms with van der Waals surface area (Å²) in [6.07, 6.45) is -4.66. The van der Waals surface area contributed by atoms with Crippen molar-refractivity contribution in [3.63, 3.8) is 0 Å². The Labute approximate surface area is 133 Å². The van der Waals surface area contributed by atoms with E-state index < -0.39 is 12.0 Å². The fraction of sp³-hybridized carbons (Fsp3) is 0.286. The highest BCUT2D eigenvalue weighted by Crippen LogP contribution is 2.34. The van der Waals surface area contributed by atoms with Crippen molar-refractivity contribution in [2.24, 2.45) is 0 Å². The van der Waals surface area contributed by atoms with Gasteiger partial charge in [0.1, 0.15) is 5.03 Å². The van der Waals surface area contributed by atoms with Crippen molar-refractivity contribution in [3.05, 3.63) is 29.6 Å². The summed E-state index contributed by atoms with van der Waals surface area (Å²) in [6, 6.07) is 6.31. The van der Waals surface area contributed by atoms with Gasteiger partial charge in [0, 0.05) is 5.25 Å². The zero-order valence-corrected chi connectivity index (χ0v) is 12.9. The van der Waals surface area contributed by atoms with Gasteiger partial charge in [0.15, 0.2) is 5.65 Å². The van der Waals surface area contributed by atoms with Crippen LogP contribution >= 0.6 is 11.8 Å². The second kappa shape index (κ2) is 5.38. The van der Waals surface area contributed by atoms with Crippen molar-refractivity contribution in [1.29, 1.82) is 5.26 Å². The van der Waals surface area contributed by atoms with Crippen LogP contribution in [-0.2, 0) is 6.18 Å². The first-order chi connectivity index (χ1) is 10.8. The minimum Gasteiger partial charge on any atom is -0.267 e. The fourth-order valence-electron chi connectivity index (χ4n) is 2.16. The van der Waals surface area contributed by atoms with E-state index in [1.165, 1.54) is 30.0 Å². The summed E-state index contributed by atoms with van der Waals surface area (Å²) in [4.78, 5) is 4.38. The molecule has 0 atom stereocenters. The molecule has 0 radical (unpaired) electrons. The zero-order chi connectivity index (χ0) is 16.8. The highest BCUT2D eigenvalue weighted by Gasteiger charge is 2.38. The Balaban J connectivity index is 2.45. The summed E-state index contributed by atoms with van der Waals surface area (Å²) in [5.74, 6) is -1.12. The molecule has 5 nitrogen and oxygen atoms in total. The highest BCUT2D eigenvalue weighted by atomic mass is 32.2. The van der Waals surface area contributed by atoms with Gasteiger partial charge in [-0.3, -0.25) is 4.40 Å². The Morgan fingerprint density at radius 3 is 2.61 bits per heavy atom. The van der Waals surface area contributed by atoms with Gasteiger partial charge in [-0.2, -0.15) is 18.4 Å². The van der Waals surface area contributed by atoms with Gasteiger partial charge in [0.2, 0.25) is 5.82 Å². The van der Waals surface area contributed by atoms with E-state index in [0.29, 0.717) is 10.5 Å². The number of nitriles is 1. The average Bonchev–Trinajstić information content (AvgIpc) is 2.92. The lowest BCUT2D eigenvalue weighted by molar-refractivity contribution is -0.145. The van der Waals surface area contributed by atoms with Crippen molar-refractivity contribution in [1.82, 2.24) is 19.6 Å². The maximum atomic E-state index is 13.2. The van der Waals surface area contributed by atoms with Crippen LogP contribution in [0, 0.1) is 11.3 Å². The Morgan fingerprint density at radius 2 is 2.00 bits per heavy atom. The molecular weight excluding hydrogens is 327 g/mol. The van der Waals surface area contributed by atoms with Crippen LogP contribution < -0.4 is 0 Å². The lowest BCUT2D eigenvalue weighted by Crippen LogP contribution is -2.12. The summed E-state index contributed by atoms with van der Waals surface area (Å²) in [7, 11) is 0. The number of hydrogen-bond acceptors (Lipinski definition) is 5. The van der Waals surface area contributed by atoms with Gasteiger partial charge in [-0.15, -0.1) is 10.2 Å². The molecule has 118 valence electrons. The minimum absolute atomic E-state index is 0.0404. The molecule has 0 spiro atoms. The molecular formula is C14H10F3N5S. The number of aromatic nitrogens is 4. The molecule has 0 saturated carbocycles. The van der Waals surface area contributed by atoms with Crippen LogP contribution in [0.15, 0.2) is 23.2 Å². The van der Waals surface area contributed by atoms with E-state index in [9.17, 15) is 13.2 Å². The molecule has 0 amide bonds. The molecule has 0 aliphatic carbocycles. The fourth-order valence-corrected chi connectivity index (χ4v) is 3.00. The molecule has 0 aliphatic rings. The van der Waals surface area contributed by atoms with Crippen LogP contribution in [0.2, 0.25) is 0 Å². The number of thioether (sulfide) groups is 1. The summed E-state index contributed by atoms with van der Waals surface area (Å²) in [5, 5.41) is 16.4. The Morgan fingerprint density at radius 1 is 1.26 bits per heavy atom. The smallest absolute Gasteiger partial charge is 0.267 e. The number of halogens is 3. The summed E-state index contributed by atoms with van der Waals surface area (Å²) in [5.41, 5.74) is 0.791. The Kier molecular flexibility index (Phi) is 3.64. The van der Waals surface area contributed by atoms with Gasteiger partial charge < -0.3 is 0 Å². The van der Waals surface area contributed by atoms with E-state index in [4.69, 9.17) is 5.26 Å². The van der Waals surface area contributed by atoms with E-state index in [2.05, 4.69) is 15.2 Å². The SMILES string of the molecule is CC(C)Sc1nc2ccc(C#N)cc2n2c(C(F)(F)F)nnc12. The molecule has 3 rings (SSSR count). The number of alkyl halides is 3. The molecule has 2 aromatic heterocycles. The van der Waals surface area contributed by atoms with Gasteiger partial charge in [-0.25, -0.2) is 4.98 Å². The predicted octanol–water partition coefficient (Wildman–Crippen LogP) is 3.67. The molecule has 0 bridgehead atoms. The standard InChI is InChI=1S/C14H10F3N5S/c1-7(2)23-12-11-20-21-13(14(15,16)17)22(11)10-5-8(6-18)3-4-9(10)19-12/h3-5,7H,1-2H3. The summed E-state index contributed by atoms with van der Waals surface area (Å²) in [6.45, 7) is 3.82. The molecule has 2 heterocycles. The molecule has 9 heteroatoms. The second-order valence-corrected chi connectivity index (χ2v) is 6.64. The van der Waals surface area contributed by atoms with E-state index >= 15 is 0 Å².